The Balaban J connectivity index is 2.03. The molecule has 0 N–H and O–H groups in total. The highest BCUT2D eigenvalue weighted by Gasteiger charge is 2.31. The first-order valence-corrected chi connectivity index (χ1v) is 7.41. The van der Waals surface area contributed by atoms with E-state index in [9.17, 15) is 4.79 Å². The van der Waals surface area contributed by atoms with E-state index in [1.165, 1.54) is 0 Å². The zero-order valence-corrected chi connectivity index (χ0v) is 13.5. The number of rotatable bonds is 1. The summed E-state index contributed by atoms with van der Waals surface area (Å²) in [6.45, 7) is 9.50. The number of amides is 1. The molecular formula is C16H22N4O2. The first-order valence-electron chi connectivity index (χ1n) is 7.41. The Bertz CT molecular complexity index is 589. The number of hydrogen-bond acceptors (Lipinski definition) is 5. The quantitative estimate of drug-likeness (QED) is 0.796. The van der Waals surface area contributed by atoms with Gasteiger partial charge in [-0.25, -0.2) is 9.78 Å². The van der Waals surface area contributed by atoms with Crippen molar-refractivity contribution in [2.24, 2.45) is 0 Å². The molecule has 0 aromatic carbocycles. The van der Waals surface area contributed by atoms with Crippen LogP contribution in [0.1, 0.15) is 33.3 Å². The second kappa shape index (κ2) is 6.22. The molecule has 1 fully saturated rings. The second-order valence-electron chi connectivity index (χ2n) is 6.48. The molecule has 1 aliphatic rings. The van der Waals surface area contributed by atoms with Crippen LogP contribution in [-0.4, -0.2) is 47.3 Å². The fraction of sp³-hybridized carbons (Fsp3) is 0.562. The molecule has 0 unspecified atom stereocenters. The van der Waals surface area contributed by atoms with Crippen LogP contribution in [0, 0.1) is 11.3 Å². The summed E-state index contributed by atoms with van der Waals surface area (Å²) in [4.78, 5) is 20.3. The second-order valence-corrected chi connectivity index (χ2v) is 6.48. The summed E-state index contributed by atoms with van der Waals surface area (Å²) in [5.41, 5.74) is 0.101. The highest BCUT2D eigenvalue weighted by atomic mass is 16.6. The van der Waals surface area contributed by atoms with Gasteiger partial charge in [0.15, 0.2) is 0 Å². The molecule has 1 saturated heterocycles. The molecule has 1 atom stereocenters. The molecule has 1 aliphatic heterocycles. The minimum atomic E-state index is -0.489. The van der Waals surface area contributed by atoms with Gasteiger partial charge in [-0.05, 0) is 39.8 Å². The first kappa shape index (κ1) is 16.1. The van der Waals surface area contributed by atoms with E-state index in [4.69, 9.17) is 10.00 Å². The Hall–Kier alpha value is -2.29. The van der Waals surface area contributed by atoms with Gasteiger partial charge in [0.1, 0.15) is 11.4 Å². The van der Waals surface area contributed by atoms with Crippen molar-refractivity contribution < 1.29 is 9.53 Å². The summed E-state index contributed by atoms with van der Waals surface area (Å²) in [5, 5.41) is 8.97. The maximum atomic E-state index is 12.2. The zero-order valence-electron chi connectivity index (χ0n) is 13.5. The van der Waals surface area contributed by atoms with Crippen LogP contribution in [0.4, 0.5) is 10.6 Å². The van der Waals surface area contributed by atoms with Gasteiger partial charge in [-0.15, -0.1) is 0 Å². The van der Waals surface area contributed by atoms with Crippen molar-refractivity contribution in [1.82, 2.24) is 9.88 Å². The van der Waals surface area contributed by atoms with Gasteiger partial charge in [-0.1, -0.05) is 0 Å². The van der Waals surface area contributed by atoms with Gasteiger partial charge in [-0.3, -0.25) is 0 Å². The normalized spacial score (nSPS) is 18.8. The lowest BCUT2D eigenvalue weighted by atomic mass is 10.2. The Morgan fingerprint density at radius 3 is 2.77 bits per heavy atom. The lowest BCUT2D eigenvalue weighted by Gasteiger charge is -2.40. The molecule has 6 heteroatoms. The maximum Gasteiger partial charge on any atom is 0.410 e. The average Bonchev–Trinajstić information content (AvgIpc) is 2.45. The molecule has 118 valence electrons. The molecule has 2 heterocycles. The molecule has 2 rings (SSSR count). The van der Waals surface area contributed by atoms with E-state index < -0.39 is 5.60 Å². The molecule has 0 bridgehead atoms. The van der Waals surface area contributed by atoms with E-state index in [1.807, 2.05) is 27.7 Å². The van der Waals surface area contributed by atoms with Crippen LogP contribution in [0.25, 0.3) is 0 Å². The summed E-state index contributed by atoms with van der Waals surface area (Å²) >= 11 is 0. The summed E-state index contributed by atoms with van der Waals surface area (Å²) in [5.74, 6) is 0.773. The van der Waals surface area contributed by atoms with Gasteiger partial charge in [0.25, 0.3) is 0 Å². The van der Waals surface area contributed by atoms with Crippen molar-refractivity contribution >= 4 is 11.9 Å². The number of aromatic nitrogens is 1. The molecule has 1 aromatic rings. The van der Waals surface area contributed by atoms with Crippen LogP contribution in [0.3, 0.4) is 0 Å². The van der Waals surface area contributed by atoms with E-state index >= 15 is 0 Å². The maximum absolute atomic E-state index is 12.2. The molecule has 1 amide bonds. The smallest absolute Gasteiger partial charge is 0.410 e. The fourth-order valence-electron chi connectivity index (χ4n) is 2.42. The van der Waals surface area contributed by atoms with Gasteiger partial charge in [0.05, 0.1) is 11.6 Å². The number of anilines is 1. The van der Waals surface area contributed by atoms with Crippen molar-refractivity contribution in [1.29, 1.82) is 5.26 Å². The Labute approximate surface area is 131 Å². The van der Waals surface area contributed by atoms with Gasteiger partial charge in [0.2, 0.25) is 0 Å². The van der Waals surface area contributed by atoms with Crippen LogP contribution >= 0.6 is 0 Å². The van der Waals surface area contributed by atoms with Crippen LogP contribution in [0.2, 0.25) is 0 Å². The summed E-state index contributed by atoms with van der Waals surface area (Å²) in [6.07, 6.45) is 1.36. The van der Waals surface area contributed by atoms with E-state index in [1.54, 1.807) is 23.2 Å². The number of pyridine rings is 1. The van der Waals surface area contributed by atoms with E-state index in [2.05, 4.69) is 16.0 Å². The van der Waals surface area contributed by atoms with Gasteiger partial charge in [0, 0.05) is 31.9 Å². The predicted octanol–water partition coefficient (Wildman–Crippen LogP) is 2.40. The molecule has 0 aliphatic carbocycles. The summed E-state index contributed by atoms with van der Waals surface area (Å²) in [6, 6.07) is 5.60. The number of hydrogen-bond donors (Lipinski definition) is 0. The molecule has 22 heavy (non-hydrogen) atoms. The van der Waals surface area contributed by atoms with Crippen molar-refractivity contribution in [2.75, 3.05) is 24.5 Å². The molecule has 1 aromatic heterocycles. The van der Waals surface area contributed by atoms with Crippen molar-refractivity contribution in [2.45, 2.75) is 39.3 Å². The standard InChI is InChI=1S/C16H22N4O2/c1-12-11-19(14-9-13(10-17)5-6-18-14)7-8-20(12)15(21)22-16(2,3)4/h5-6,9,12H,7-8,11H2,1-4H3/t12-/m1/s1. The minimum absolute atomic E-state index is 0.0242. The highest BCUT2D eigenvalue weighted by molar-refractivity contribution is 5.69. The Kier molecular flexibility index (Phi) is 4.55. The number of nitrogens with zero attached hydrogens (tertiary/aromatic N) is 4. The van der Waals surface area contributed by atoms with Crippen molar-refractivity contribution in [3.05, 3.63) is 23.9 Å². The number of piperazine rings is 1. The summed E-state index contributed by atoms with van der Waals surface area (Å²) in [7, 11) is 0. The molecule has 6 nitrogen and oxygen atoms in total. The average molecular weight is 302 g/mol. The minimum Gasteiger partial charge on any atom is -0.444 e. The first-order chi connectivity index (χ1) is 10.3. The lowest BCUT2D eigenvalue weighted by Crippen LogP contribution is -2.55. The molecular weight excluding hydrogens is 280 g/mol. The third-order valence-corrected chi connectivity index (χ3v) is 3.45. The SMILES string of the molecule is C[C@@H]1CN(c2cc(C#N)ccn2)CCN1C(=O)OC(C)(C)C. The van der Waals surface area contributed by atoms with Crippen LogP contribution in [0.5, 0.6) is 0 Å². The van der Waals surface area contributed by atoms with Gasteiger partial charge < -0.3 is 14.5 Å². The van der Waals surface area contributed by atoms with Crippen LogP contribution in [0.15, 0.2) is 18.3 Å². The Morgan fingerprint density at radius 1 is 1.45 bits per heavy atom. The number of carbonyl (C=O) groups is 1. The molecule has 0 spiro atoms. The van der Waals surface area contributed by atoms with E-state index in [0.29, 0.717) is 25.2 Å². The van der Waals surface area contributed by atoms with Crippen molar-refractivity contribution in [3.8, 4) is 6.07 Å². The Morgan fingerprint density at radius 2 is 2.18 bits per heavy atom. The third kappa shape index (κ3) is 3.88. The number of ether oxygens (including phenoxy) is 1. The number of carbonyl (C=O) groups excluding carboxylic acids is 1. The molecule has 0 radical (unpaired) electrons. The predicted molar refractivity (Wildman–Crippen MR) is 83.6 cm³/mol. The highest BCUT2D eigenvalue weighted by Crippen LogP contribution is 2.20. The van der Waals surface area contributed by atoms with Crippen LogP contribution in [-0.2, 0) is 4.74 Å². The largest absolute Gasteiger partial charge is 0.444 e. The van der Waals surface area contributed by atoms with Gasteiger partial charge in [-0.2, -0.15) is 5.26 Å². The monoisotopic (exact) mass is 302 g/mol. The van der Waals surface area contributed by atoms with Crippen molar-refractivity contribution in [3.63, 3.8) is 0 Å². The number of nitriles is 1. The topological polar surface area (TPSA) is 69.5 Å². The lowest BCUT2D eigenvalue weighted by molar-refractivity contribution is 0.0158. The third-order valence-electron chi connectivity index (χ3n) is 3.45. The van der Waals surface area contributed by atoms with Crippen LogP contribution < -0.4 is 4.90 Å². The van der Waals surface area contributed by atoms with E-state index in [0.717, 1.165) is 5.82 Å². The van der Waals surface area contributed by atoms with Gasteiger partial charge >= 0.3 is 6.09 Å². The molecule has 0 saturated carbocycles. The van der Waals surface area contributed by atoms with E-state index in [-0.39, 0.29) is 12.1 Å². The zero-order chi connectivity index (χ0) is 16.3. The summed E-state index contributed by atoms with van der Waals surface area (Å²) < 4.78 is 5.43. The fourth-order valence-corrected chi connectivity index (χ4v) is 2.42.